The fourth-order valence-corrected chi connectivity index (χ4v) is 4.10. The molecule has 5 aromatic carbocycles. The van der Waals surface area contributed by atoms with Crippen LogP contribution in [0.2, 0.25) is 0 Å². The third kappa shape index (κ3) is 2.64. The summed E-state index contributed by atoms with van der Waals surface area (Å²) in [5, 5.41) is 4.65. The predicted octanol–water partition coefficient (Wildman–Crippen LogP) is 7.60. The first kappa shape index (κ1) is 16.8. The van der Waals surface area contributed by atoms with E-state index in [1.54, 1.807) is 0 Å². The molecule has 0 spiro atoms. The van der Waals surface area contributed by atoms with Gasteiger partial charge in [0.15, 0.2) is 5.58 Å². The molecule has 0 unspecified atom stereocenters. The molecule has 1 aromatic heterocycles. The third-order valence-corrected chi connectivity index (χ3v) is 5.49. The van der Waals surface area contributed by atoms with Crippen LogP contribution in [-0.4, -0.2) is 4.98 Å². The van der Waals surface area contributed by atoms with Crippen molar-refractivity contribution in [2.24, 2.45) is 0 Å². The normalized spacial score (nSPS) is 11.3. The van der Waals surface area contributed by atoms with Crippen molar-refractivity contribution >= 4 is 50.0 Å². The molecular weight excluding hydrogens is 368 g/mol. The molecule has 0 atom stereocenters. The maximum Gasteiger partial charge on any atom is 0.307 e. The second kappa shape index (κ2) is 6.75. The van der Waals surface area contributed by atoms with Crippen LogP contribution in [0.4, 0.5) is 17.4 Å². The molecular formula is C27H18N2O. The van der Waals surface area contributed by atoms with E-state index in [4.69, 9.17) is 9.40 Å². The molecule has 0 aliphatic rings. The summed E-state index contributed by atoms with van der Waals surface area (Å²) in [6.45, 7) is 0. The van der Waals surface area contributed by atoms with Crippen LogP contribution in [0, 0.1) is 0 Å². The lowest BCUT2D eigenvalue weighted by Crippen LogP contribution is -2.11. The summed E-state index contributed by atoms with van der Waals surface area (Å²) >= 11 is 0. The highest BCUT2D eigenvalue weighted by molar-refractivity contribution is 6.04. The molecule has 0 saturated carbocycles. The van der Waals surface area contributed by atoms with Gasteiger partial charge in [-0.3, -0.25) is 4.90 Å². The van der Waals surface area contributed by atoms with Crippen molar-refractivity contribution < 1.29 is 4.42 Å². The van der Waals surface area contributed by atoms with Gasteiger partial charge in [-0.05, 0) is 35.0 Å². The summed E-state index contributed by atoms with van der Waals surface area (Å²) in [5.74, 6) is 0. The summed E-state index contributed by atoms with van der Waals surface area (Å²) < 4.78 is 6.25. The van der Waals surface area contributed by atoms with Crippen LogP contribution >= 0.6 is 0 Å². The minimum Gasteiger partial charge on any atom is -0.423 e. The Kier molecular flexibility index (Phi) is 3.78. The van der Waals surface area contributed by atoms with Crippen molar-refractivity contribution in [2.75, 3.05) is 4.90 Å². The van der Waals surface area contributed by atoms with Crippen molar-refractivity contribution in [1.82, 2.24) is 4.98 Å². The van der Waals surface area contributed by atoms with E-state index in [0.29, 0.717) is 6.01 Å². The molecule has 0 N–H and O–H groups in total. The van der Waals surface area contributed by atoms with E-state index < -0.39 is 0 Å². The Morgan fingerprint density at radius 3 is 1.70 bits per heavy atom. The van der Waals surface area contributed by atoms with Crippen molar-refractivity contribution in [1.29, 1.82) is 0 Å². The predicted molar refractivity (Wildman–Crippen MR) is 124 cm³/mol. The van der Waals surface area contributed by atoms with Gasteiger partial charge in [0.05, 0.1) is 11.4 Å². The Labute approximate surface area is 173 Å². The quantitative estimate of drug-likeness (QED) is 0.313. The van der Waals surface area contributed by atoms with Crippen molar-refractivity contribution in [3.05, 3.63) is 109 Å². The van der Waals surface area contributed by atoms with Gasteiger partial charge in [-0.15, -0.1) is 0 Å². The largest absolute Gasteiger partial charge is 0.423 e. The number of aromatic nitrogens is 1. The van der Waals surface area contributed by atoms with E-state index in [-0.39, 0.29) is 0 Å². The average molecular weight is 386 g/mol. The number of rotatable bonds is 3. The molecule has 0 aliphatic heterocycles. The monoisotopic (exact) mass is 386 g/mol. The molecule has 0 saturated heterocycles. The van der Waals surface area contributed by atoms with Gasteiger partial charge in [0.2, 0.25) is 0 Å². The van der Waals surface area contributed by atoms with Gasteiger partial charge >= 0.3 is 6.01 Å². The molecule has 30 heavy (non-hydrogen) atoms. The number of hydrogen-bond donors (Lipinski definition) is 0. The summed E-state index contributed by atoms with van der Waals surface area (Å²) in [5.41, 5.74) is 3.70. The van der Waals surface area contributed by atoms with E-state index in [2.05, 4.69) is 89.8 Å². The number of nitrogens with zero attached hydrogens (tertiary/aromatic N) is 2. The molecule has 0 bridgehead atoms. The van der Waals surface area contributed by atoms with E-state index in [1.807, 2.05) is 24.3 Å². The average Bonchev–Trinajstić information content (AvgIpc) is 3.23. The lowest BCUT2D eigenvalue weighted by Gasteiger charge is -2.24. The number of anilines is 3. The Morgan fingerprint density at radius 2 is 1.07 bits per heavy atom. The zero-order valence-corrected chi connectivity index (χ0v) is 16.2. The molecule has 0 amide bonds. The third-order valence-electron chi connectivity index (χ3n) is 5.49. The van der Waals surface area contributed by atoms with Gasteiger partial charge in [0, 0.05) is 10.8 Å². The molecule has 6 aromatic rings. The summed E-state index contributed by atoms with van der Waals surface area (Å²) in [7, 11) is 0. The van der Waals surface area contributed by atoms with Crippen LogP contribution in [0.15, 0.2) is 114 Å². The molecule has 0 fully saturated rings. The highest BCUT2D eigenvalue weighted by Gasteiger charge is 2.22. The van der Waals surface area contributed by atoms with Crippen molar-refractivity contribution in [2.45, 2.75) is 0 Å². The van der Waals surface area contributed by atoms with Gasteiger partial charge in [-0.25, -0.2) is 0 Å². The van der Waals surface area contributed by atoms with Crippen LogP contribution in [0.5, 0.6) is 0 Å². The van der Waals surface area contributed by atoms with E-state index in [0.717, 1.165) is 33.2 Å². The van der Waals surface area contributed by atoms with Gasteiger partial charge in [0.25, 0.3) is 0 Å². The Hall–Kier alpha value is -4.11. The zero-order chi connectivity index (χ0) is 19.9. The maximum atomic E-state index is 6.25. The molecule has 6 rings (SSSR count). The number of fused-ring (bicyclic) bond motifs is 3. The second-order valence-corrected chi connectivity index (χ2v) is 7.30. The molecule has 0 radical (unpaired) electrons. The van der Waals surface area contributed by atoms with Crippen LogP contribution in [0.25, 0.3) is 32.6 Å². The first-order valence-corrected chi connectivity index (χ1v) is 10.00. The minimum atomic E-state index is 0.559. The van der Waals surface area contributed by atoms with Crippen molar-refractivity contribution in [3.63, 3.8) is 0 Å². The van der Waals surface area contributed by atoms with E-state index in [1.165, 1.54) is 10.8 Å². The summed E-state index contributed by atoms with van der Waals surface area (Å²) in [4.78, 5) is 6.97. The number of benzene rings is 5. The second-order valence-electron chi connectivity index (χ2n) is 7.30. The van der Waals surface area contributed by atoms with Gasteiger partial charge in [-0.1, -0.05) is 84.9 Å². The number of para-hydroxylation sites is 2. The molecule has 1 heterocycles. The summed E-state index contributed by atoms with van der Waals surface area (Å²) in [6, 6.07) is 37.9. The van der Waals surface area contributed by atoms with E-state index >= 15 is 0 Å². The van der Waals surface area contributed by atoms with Crippen molar-refractivity contribution in [3.8, 4) is 0 Å². The van der Waals surface area contributed by atoms with Crippen LogP contribution in [-0.2, 0) is 0 Å². The van der Waals surface area contributed by atoms with Gasteiger partial charge in [-0.2, -0.15) is 4.98 Å². The number of oxazole rings is 1. The molecule has 3 nitrogen and oxygen atoms in total. The minimum absolute atomic E-state index is 0.559. The molecule has 0 aliphatic carbocycles. The first-order chi connectivity index (χ1) is 14.9. The summed E-state index contributed by atoms with van der Waals surface area (Å²) in [6.07, 6.45) is 0. The molecule has 3 heteroatoms. The number of hydrogen-bond acceptors (Lipinski definition) is 3. The van der Waals surface area contributed by atoms with E-state index in [9.17, 15) is 0 Å². The fourth-order valence-electron chi connectivity index (χ4n) is 4.10. The highest BCUT2D eigenvalue weighted by atomic mass is 16.4. The SMILES string of the molecule is c1ccc2c(N(c3nc4ccccc4o3)c3cccc4ccccc34)cccc2c1. The molecule has 142 valence electrons. The smallest absolute Gasteiger partial charge is 0.307 e. The lowest BCUT2D eigenvalue weighted by molar-refractivity contribution is 0.609. The zero-order valence-electron chi connectivity index (χ0n) is 16.2. The van der Waals surface area contributed by atoms with Gasteiger partial charge < -0.3 is 4.42 Å². The highest BCUT2D eigenvalue weighted by Crippen LogP contribution is 2.42. The van der Waals surface area contributed by atoms with Crippen LogP contribution in [0.3, 0.4) is 0 Å². The Morgan fingerprint density at radius 1 is 0.533 bits per heavy atom. The Bertz CT molecular complexity index is 1390. The standard InChI is InChI=1S/C27H18N2O/c1-3-13-21-19(9-1)11-7-16-24(21)29(27-28-23-15-5-6-18-26(23)30-27)25-17-8-12-20-10-2-4-14-22(20)25/h1-18H. The first-order valence-electron chi connectivity index (χ1n) is 10.00. The van der Waals surface area contributed by atoms with Crippen LogP contribution in [0.1, 0.15) is 0 Å². The maximum absolute atomic E-state index is 6.25. The fraction of sp³-hybridized carbons (Fsp3) is 0. The topological polar surface area (TPSA) is 29.3 Å². The Balaban J connectivity index is 1.70. The van der Waals surface area contributed by atoms with Gasteiger partial charge in [0.1, 0.15) is 5.52 Å². The lowest BCUT2D eigenvalue weighted by atomic mass is 10.0. The van der Waals surface area contributed by atoms with Crippen LogP contribution < -0.4 is 4.90 Å².